The number of aliphatic imine (C=N–C) groups is 1. The number of thioether (sulfide) groups is 2. The minimum absolute atomic E-state index is 0.0760. The largest absolute Gasteiger partial charge is 0.360 e. The molecule has 120 valence electrons. The number of amides is 1. The van der Waals surface area contributed by atoms with E-state index in [0.29, 0.717) is 18.0 Å². The van der Waals surface area contributed by atoms with E-state index in [1.165, 1.54) is 17.3 Å². The number of rotatable bonds is 4. The van der Waals surface area contributed by atoms with Crippen molar-refractivity contribution in [2.24, 2.45) is 4.99 Å². The van der Waals surface area contributed by atoms with Gasteiger partial charge in [-0.05, 0) is 25.0 Å². The Kier molecular flexibility index (Phi) is 5.07. The van der Waals surface area contributed by atoms with Gasteiger partial charge in [-0.25, -0.2) is 4.99 Å². The standard InChI is InChI=1S/C16H17N3O2S2/c1-3-13(15(20)18-14-8-10(2)21-19-14)23-16-17-12-7-5-4-6-11(12)9-22-16/h4-8,13H,3,9H2,1-2H3,(H,18,19,20)/t13-/m0/s1. The van der Waals surface area contributed by atoms with Crippen LogP contribution in [0, 0.1) is 6.92 Å². The molecule has 1 aliphatic heterocycles. The third-order valence-electron chi connectivity index (χ3n) is 3.34. The number of benzene rings is 1. The van der Waals surface area contributed by atoms with Crippen LogP contribution in [0.5, 0.6) is 0 Å². The van der Waals surface area contributed by atoms with E-state index in [0.717, 1.165) is 15.8 Å². The van der Waals surface area contributed by atoms with Crippen molar-refractivity contribution >= 4 is 45.3 Å². The van der Waals surface area contributed by atoms with E-state index in [1.54, 1.807) is 24.8 Å². The molecule has 0 saturated heterocycles. The molecule has 3 rings (SSSR count). The summed E-state index contributed by atoms with van der Waals surface area (Å²) in [6.45, 7) is 3.78. The highest BCUT2D eigenvalue weighted by molar-refractivity contribution is 8.39. The number of aryl methyl sites for hydroxylation is 1. The third-order valence-corrected chi connectivity index (χ3v) is 5.90. The van der Waals surface area contributed by atoms with Crippen molar-refractivity contribution in [2.45, 2.75) is 31.3 Å². The van der Waals surface area contributed by atoms with Crippen molar-refractivity contribution < 1.29 is 9.32 Å². The monoisotopic (exact) mass is 347 g/mol. The van der Waals surface area contributed by atoms with Gasteiger partial charge in [-0.2, -0.15) is 0 Å². The number of nitrogens with one attached hydrogen (secondary N) is 1. The fourth-order valence-corrected chi connectivity index (χ4v) is 4.36. The van der Waals surface area contributed by atoms with Crippen molar-refractivity contribution in [3.8, 4) is 0 Å². The lowest BCUT2D eigenvalue weighted by Crippen LogP contribution is -2.25. The van der Waals surface area contributed by atoms with Gasteiger partial charge < -0.3 is 9.84 Å². The average molecular weight is 347 g/mol. The van der Waals surface area contributed by atoms with E-state index in [4.69, 9.17) is 4.52 Å². The van der Waals surface area contributed by atoms with Crippen LogP contribution in [-0.4, -0.2) is 20.7 Å². The van der Waals surface area contributed by atoms with Crippen LogP contribution in [0.3, 0.4) is 0 Å². The van der Waals surface area contributed by atoms with Gasteiger partial charge in [0.05, 0.1) is 10.9 Å². The zero-order valence-corrected chi connectivity index (χ0v) is 14.5. The van der Waals surface area contributed by atoms with Crippen LogP contribution in [0.1, 0.15) is 24.7 Å². The van der Waals surface area contributed by atoms with Gasteiger partial charge in [0.15, 0.2) is 5.82 Å². The van der Waals surface area contributed by atoms with Crippen molar-refractivity contribution in [3.05, 3.63) is 41.7 Å². The maximum atomic E-state index is 12.4. The molecule has 1 aromatic heterocycles. The summed E-state index contributed by atoms with van der Waals surface area (Å²) >= 11 is 3.18. The lowest BCUT2D eigenvalue weighted by Gasteiger charge is -2.18. The molecule has 0 fully saturated rings. The Labute approximate surface area is 143 Å². The third kappa shape index (κ3) is 3.97. The van der Waals surface area contributed by atoms with E-state index in [2.05, 4.69) is 21.5 Å². The molecule has 1 N–H and O–H groups in total. The zero-order valence-electron chi connectivity index (χ0n) is 12.9. The van der Waals surface area contributed by atoms with Crippen LogP contribution >= 0.6 is 23.5 Å². The second-order valence-electron chi connectivity index (χ2n) is 5.12. The Morgan fingerprint density at radius 3 is 3.04 bits per heavy atom. The Morgan fingerprint density at radius 1 is 1.48 bits per heavy atom. The highest BCUT2D eigenvalue weighted by Crippen LogP contribution is 2.36. The molecule has 1 aromatic carbocycles. The lowest BCUT2D eigenvalue weighted by atomic mass is 10.2. The Morgan fingerprint density at radius 2 is 2.30 bits per heavy atom. The number of nitrogens with zero attached hydrogens (tertiary/aromatic N) is 2. The van der Waals surface area contributed by atoms with E-state index >= 15 is 0 Å². The summed E-state index contributed by atoms with van der Waals surface area (Å²) in [7, 11) is 0. The van der Waals surface area contributed by atoms with Crippen LogP contribution in [-0.2, 0) is 10.5 Å². The fourth-order valence-electron chi connectivity index (χ4n) is 2.15. The molecule has 0 radical (unpaired) electrons. The van der Waals surface area contributed by atoms with Crippen LogP contribution in [0.15, 0.2) is 39.8 Å². The van der Waals surface area contributed by atoms with Crippen molar-refractivity contribution in [1.29, 1.82) is 0 Å². The van der Waals surface area contributed by atoms with Gasteiger partial charge in [-0.1, -0.05) is 53.8 Å². The first-order chi connectivity index (χ1) is 11.2. The Hall–Kier alpha value is -1.73. The number of carbonyl (C=O) groups excluding carboxylic acids is 1. The summed E-state index contributed by atoms with van der Waals surface area (Å²) in [5.41, 5.74) is 2.23. The summed E-state index contributed by atoms with van der Waals surface area (Å²) < 4.78 is 5.90. The number of fused-ring (bicyclic) bond motifs is 1. The van der Waals surface area contributed by atoms with Crippen molar-refractivity contribution in [2.75, 3.05) is 5.32 Å². The first kappa shape index (κ1) is 16.1. The molecule has 0 bridgehead atoms. The molecule has 1 amide bonds. The number of hydrogen-bond acceptors (Lipinski definition) is 6. The average Bonchev–Trinajstić information content (AvgIpc) is 2.97. The smallest absolute Gasteiger partial charge is 0.239 e. The van der Waals surface area contributed by atoms with Gasteiger partial charge in [-0.3, -0.25) is 4.79 Å². The molecule has 0 unspecified atom stereocenters. The minimum Gasteiger partial charge on any atom is -0.360 e. The molecule has 0 aliphatic carbocycles. The highest BCUT2D eigenvalue weighted by Gasteiger charge is 2.23. The van der Waals surface area contributed by atoms with Gasteiger partial charge in [0, 0.05) is 11.8 Å². The molecule has 0 spiro atoms. The molecule has 1 aliphatic rings. The summed E-state index contributed by atoms with van der Waals surface area (Å²) in [5.74, 6) is 1.94. The molecule has 2 heterocycles. The van der Waals surface area contributed by atoms with E-state index in [1.807, 2.05) is 25.1 Å². The second-order valence-corrected chi connectivity index (χ2v) is 7.54. The normalized spacial score (nSPS) is 14.8. The number of hydrogen-bond donors (Lipinski definition) is 1. The van der Waals surface area contributed by atoms with E-state index in [-0.39, 0.29) is 11.2 Å². The summed E-state index contributed by atoms with van der Waals surface area (Å²) in [5, 5.41) is 6.39. The quantitative estimate of drug-likeness (QED) is 0.889. The van der Waals surface area contributed by atoms with Gasteiger partial charge >= 0.3 is 0 Å². The van der Waals surface area contributed by atoms with Crippen LogP contribution in [0.2, 0.25) is 0 Å². The first-order valence-corrected chi connectivity index (χ1v) is 9.22. The predicted molar refractivity (Wildman–Crippen MR) is 96.4 cm³/mol. The van der Waals surface area contributed by atoms with E-state index < -0.39 is 0 Å². The summed E-state index contributed by atoms with van der Waals surface area (Å²) in [6, 6.07) is 9.81. The molecular weight excluding hydrogens is 330 g/mol. The Balaban J connectivity index is 1.68. The zero-order chi connectivity index (χ0) is 16.2. The molecule has 23 heavy (non-hydrogen) atoms. The maximum Gasteiger partial charge on any atom is 0.239 e. The summed E-state index contributed by atoms with van der Waals surface area (Å²) in [6.07, 6.45) is 0.717. The van der Waals surface area contributed by atoms with Crippen LogP contribution in [0.25, 0.3) is 0 Å². The molecule has 0 saturated carbocycles. The maximum absolute atomic E-state index is 12.4. The molecular formula is C16H17N3O2S2. The molecule has 2 aromatic rings. The molecule has 7 heteroatoms. The van der Waals surface area contributed by atoms with Gasteiger partial charge in [0.25, 0.3) is 0 Å². The molecule has 1 atom stereocenters. The molecule has 5 nitrogen and oxygen atoms in total. The van der Waals surface area contributed by atoms with Gasteiger partial charge in [0.2, 0.25) is 5.91 Å². The first-order valence-electron chi connectivity index (χ1n) is 7.36. The van der Waals surface area contributed by atoms with E-state index in [9.17, 15) is 4.79 Å². The number of para-hydroxylation sites is 1. The van der Waals surface area contributed by atoms with Crippen molar-refractivity contribution in [3.63, 3.8) is 0 Å². The topological polar surface area (TPSA) is 67.5 Å². The number of carbonyl (C=O) groups is 1. The van der Waals surface area contributed by atoms with Crippen LogP contribution < -0.4 is 5.32 Å². The number of aromatic nitrogens is 1. The minimum atomic E-state index is -0.205. The summed E-state index contributed by atoms with van der Waals surface area (Å²) in [4.78, 5) is 17.0. The highest BCUT2D eigenvalue weighted by atomic mass is 32.2. The second kappa shape index (κ2) is 7.23. The lowest BCUT2D eigenvalue weighted by molar-refractivity contribution is -0.115. The van der Waals surface area contributed by atoms with Crippen molar-refractivity contribution in [1.82, 2.24) is 5.16 Å². The SMILES string of the molecule is CC[C@H](SC1=Nc2ccccc2CS1)C(=O)Nc1cc(C)on1. The van der Waals surface area contributed by atoms with Gasteiger partial charge in [-0.15, -0.1) is 0 Å². The predicted octanol–water partition coefficient (Wildman–Crippen LogP) is 4.37. The van der Waals surface area contributed by atoms with Gasteiger partial charge in [0.1, 0.15) is 10.1 Å². The Bertz CT molecular complexity index is 742. The van der Waals surface area contributed by atoms with Crippen LogP contribution in [0.4, 0.5) is 11.5 Å². The number of anilines is 1. The fraction of sp³-hybridized carbons (Fsp3) is 0.312.